The molecule has 1 aromatic carbocycles. The second-order valence-corrected chi connectivity index (χ2v) is 4.67. The van der Waals surface area contributed by atoms with Crippen molar-refractivity contribution in [2.45, 2.75) is 25.9 Å². The summed E-state index contributed by atoms with van der Waals surface area (Å²) in [6.07, 6.45) is 2.45. The number of ether oxygens (including phenoxy) is 1. The molecule has 5 heteroatoms. The number of nitrogens with zero attached hydrogens (tertiary/aromatic N) is 2. The molecule has 0 spiro atoms. The molecule has 1 aliphatic heterocycles. The SMILES string of the molecule is CCOC1CCCN(c2ccccc2/C(N)=N/O)C1. The number of benzene rings is 1. The van der Waals surface area contributed by atoms with Gasteiger partial charge < -0.3 is 20.6 Å². The summed E-state index contributed by atoms with van der Waals surface area (Å²) < 4.78 is 5.71. The van der Waals surface area contributed by atoms with Crippen LogP contribution in [0.1, 0.15) is 25.3 Å². The van der Waals surface area contributed by atoms with Gasteiger partial charge in [-0.2, -0.15) is 0 Å². The molecule has 0 radical (unpaired) electrons. The molecular weight excluding hydrogens is 242 g/mol. The van der Waals surface area contributed by atoms with Gasteiger partial charge in [0.15, 0.2) is 5.84 Å². The van der Waals surface area contributed by atoms with E-state index in [-0.39, 0.29) is 11.9 Å². The van der Waals surface area contributed by atoms with E-state index in [0.717, 1.165) is 43.8 Å². The molecule has 2 rings (SSSR count). The minimum absolute atomic E-state index is 0.147. The Balaban J connectivity index is 2.21. The van der Waals surface area contributed by atoms with E-state index in [1.54, 1.807) is 0 Å². The Kier molecular flexibility index (Phi) is 4.63. The number of piperidine rings is 1. The van der Waals surface area contributed by atoms with Crippen LogP contribution in [0.5, 0.6) is 0 Å². The van der Waals surface area contributed by atoms with Crippen LogP contribution < -0.4 is 10.6 Å². The Morgan fingerprint density at radius 2 is 2.32 bits per heavy atom. The number of hydrogen-bond acceptors (Lipinski definition) is 4. The van der Waals surface area contributed by atoms with E-state index in [2.05, 4.69) is 10.1 Å². The molecule has 0 amide bonds. The van der Waals surface area contributed by atoms with Crippen molar-refractivity contribution in [2.75, 3.05) is 24.6 Å². The molecule has 0 aliphatic carbocycles. The maximum absolute atomic E-state index is 8.87. The molecule has 1 aromatic rings. The average molecular weight is 263 g/mol. The highest BCUT2D eigenvalue weighted by molar-refractivity contribution is 6.02. The van der Waals surface area contributed by atoms with Crippen LogP contribution in [0.2, 0.25) is 0 Å². The van der Waals surface area contributed by atoms with E-state index >= 15 is 0 Å². The van der Waals surface area contributed by atoms with Gasteiger partial charge in [0.2, 0.25) is 0 Å². The lowest BCUT2D eigenvalue weighted by Gasteiger charge is -2.35. The summed E-state index contributed by atoms with van der Waals surface area (Å²) in [5.41, 5.74) is 7.51. The quantitative estimate of drug-likeness (QED) is 0.376. The Hall–Kier alpha value is -1.75. The fourth-order valence-corrected chi connectivity index (χ4v) is 2.55. The molecule has 0 bridgehead atoms. The third-order valence-electron chi connectivity index (χ3n) is 3.41. The van der Waals surface area contributed by atoms with E-state index < -0.39 is 0 Å². The fraction of sp³-hybridized carbons (Fsp3) is 0.500. The third kappa shape index (κ3) is 3.17. The molecule has 3 N–H and O–H groups in total. The van der Waals surface area contributed by atoms with E-state index in [9.17, 15) is 0 Å². The number of nitrogens with two attached hydrogens (primary N) is 1. The molecule has 1 heterocycles. The van der Waals surface area contributed by atoms with Gasteiger partial charge in [0.05, 0.1) is 6.10 Å². The molecule has 0 saturated carbocycles. The lowest BCUT2D eigenvalue weighted by Crippen LogP contribution is -2.40. The summed E-state index contributed by atoms with van der Waals surface area (Å²) in [4.78, 5) is 2.25. The van der Waals surface area contributed by atoms with Crippen molar-refractivity contribution in [3.63, 3.8) is 0 Å². The topological polar surface area (TPSA) is 71.1 Å². The normalized spacial score (nSPS) is 20.6. The number of para-hydroxylation sites is 1. The van der Waals surface area contributed by atoms with E-state index in [1.807, 2.05) is 31.2 Å². The van der Waals surface area contributed by atoms with Crippen molar-refractivity contribution in [1.82, 2.24) is 0 Å². The summed E-state index contributed by atoms with van der Waals surface area (Å²) in [5.74, 6) is 0.147. The van der Waals surface area contributed by atoms with Gasteiger partial charge in [-0.15, -0.1) is 0 Å². The van der Waals surface area contributed by atoms with Crippen molar-refractivity contribution in [3.8, 4) is 0 Å². The molecule has 104 valence electrons. The highest BCUT2D eigenvalue weighted by atomic mass is 16.5. The van der Waals surface area contributed by atoms with Crippen LogP contribution in [-0.2, 0) is 4.74 Å². The maximum Gasteiger partial charge on any atom is 0.172 e. The second-order valence-electron chi connectivity index (χ2n) is 4.67. The number of hydrogen-bond donors (Lipinski definition) is 2. The highest BCUT2D eigenvalue weighted by Crippen LogP contribution is 2.25. The van der Waals surface area contributed by atoms with Gasteiger partial charge >= 0.3 is 0 Å². The van der Waals surface area contributed by atoms with Gasteiger partial charge in [0, 0.05) is 30.9 Å². The first-order valence-electron chi connectivity index (χ1n) is 6.69. The number of amidine groups is 1. The summed E-state index contributed by atoms with van der Waals surface area (Å²) in [6, 6.07) is 7.73. The minimum Gasteiger partial charge on any atom is -0.409 e. The maximum atomic E-state index is 8.87. The van der Waals surface area contributed by atoms with Crippen molar-refractivity contribution >= 4 is 11.5 Å². The lowest BCUT2D eigenvalue weighted by atomic mass is 10.0. The fourth-order valence-electron chi connectivity index (χ4n) is 2.55. The molecule has 5 nitrogen and oxygen atoms in total. The van der Waals surface area contributed by atoms with Crippen molar-refractivity contribution < 1.29 is 9.94 Å². The van der Waals surface area contributed by atoms with E-state index in [4.69, 9.17) is 15.7 Å². The monoisotopic (exact) mass is 263 g/mol. The molecule has 1 fully saturated rings. The van der Waals surface area contributed by atoms with Crippen LogP contribution in [0.3, 0.4) is 0 Å². The molecule has 0 aromatic heterocycles. The molecular formula is C14H21N3O2. The largest absolute Gasteiger partial charge is 0.409 e. The lowest BCUT2D eigenvalue weighted by molar-refractivity contribution is 0.0526. The van der Waals surface area contributed by atoms with Gasteiger partial charge in [-0.05, 0) is 31.9 Å². The van der Waals surface area contributed by atoms with Gasteiger partial charge in [-0.25, -0.2) is 0 Å². The average Bonchev–Trinajstić information content (AvgIpc) is 2.47. The number of anilines is 1. The van der Waals surface area contributed by atoms with Crippen LogP contribution >= 0.6 is 0 Å². The second kappa shape index (κ2) is 6.43. The first-order chi connectivity index (χ1) is 9.26. The first kappa shape index (κ1) is 13.7. The molecule has 1 aliphatic rings. The Bertz CT molecular complexity index is 446. The highest BCUT2D eigenvalue weighted by Gasteiger charge is 2.22. The van der Waals surface area contributed by atoms with Gasteiger partial charge in [0.25, 0.3) is 0 Å². The number of rotatable bonds is 4. The Morgan fingerprint density at radius 1 is 1.53 bits per heavy atom. The smallest absolute Gasteiger partial charge is 0.172 e. The first-order valence-corrected chi connectivity index (χ1v) is 6.69. The standard InChI is InChI=1S/C14H21N3O2/c1-2-19-11-6-5-9-17(10-11)13-8-4-3-7-12(13)14(15)16-18/h3-4,7-8,11,18H,2,5-6,9-10H2,1H3,(H2,15,16). The number of oxime groups is 1. The van der Waals surface area contributed by atoms with Crippen LogP contribution in [-0.4, -0.2) is 36.8 Å². The zero-order chi connectivity index (χ0) is 13.7. The summed E-state index contributed by atoms with van der Waals surface area (Å²) in [7, 11) is 0. The van der Waals surface area contributed by atoms with Crippen LogP contribution in [0.25, 0.3) is 0 Å². The summed E-state index contributed by atoms with van der Waals surface area (Å²) >= 11 is 0. The molecule has 1 atom stereocenters. The van der Waals surface area contributed by atoms with Gasteiger partial charge in [0.1, 0.15) is 0 Å². The predicted molar refractivity (Wildman–Crippen MR) is 75.8 cm³/mol. The Labute approximate surface area is 113 Å². The van der Waals surface area contributed by atoms with Crippen LogP contribution in [0.4, 0.5) is 5.69 Å². The molecule has 1 saturated heterocycles. The summed E-state index contributed by atoms with van der Waals surface area (Å²) in [5, 5.41) is 12.0. The van der Waals surface area contributed by atoms with E-state index in [0.29, 0.717) is 0 Å². The summed E-state index contributed by atoms with van der Waals surface area (Å²) in [6.45, 7) is 4.58. The minimum atomic E-state index is 0.147. The zero-order valence-electron chi connectivity index (χ0n) is 11.2. The van der Waals surface area contributed by atoms with Gasteiger partial charge in [-0.1, -0.05) is 17.3 Å². The van der Waals surface area contributed by atoms with Crippen molar-refractivity contribution in [1.29, 1.82) is 0 Å². The predicted octanol–water partition coefficient (Wildman–Crippen LogP) is 1.79. The van der Waals surface area contributed by atoms with Crippen molar-refractivity contribution in [3.05, 3.63) is 29.8 Å². The zero-order valence-corrected chi connectivity index (χ0v) is 11.2. The van der Waals surface area contributed by atoms with Crippen molar-refractivity contribution in [2.24, 2.45) is 10.9 Å². The van der Waals surface area contributed by atoms with E-state index in [1.165, 1.54) is 0 Å². The van der Waals surface area contributed by atoms with Crippen LogP contribution in [0.15, 0.2) is 29.4 Å². The Morgan fingerprint density at radius 3 is 3.05 bits per heavy atom. The van der Waals surface area contributed by atoms with Crippen LogP contribution in [0, 0.1) is 0 Å². The molecule has 1 unspecified atom stereocenters. The molecule has 19 heavy (non-hydrogen) atoms. The third-order valence-corrected chi connectivity index (χ3v) is 3.41. The van der Waals surface area contributed by atoms with Gasteiger partial charge in [-0.3, -0.25) is 0 Å².